The Hall–Kier alpha value is -3.59. The molecule has 2 N–H and O–H groups in total. The molecule has 1 unspecified atom stereocenters. The fourth-order valence-electron chi connectivity index (χ4n) is 3.09. The summed E-state index contributed by atoms with van der Waals surface area (Å²) in [5, 5.41) is 10.0. The number of halogens is 1. The van der Waals surface area contributed by atoms with Crippen LogP contribution in [0, 0.1) is 17.1 Å². The molecule has 2 aromatic carbocycles. The van der Waals surface area contributed by atoms with Crippen LogP contribution in [0.5, 0.6) is 5.75 Å². The molecule has 5 nitrogen and oxygen atoms in total. The van der Waals surface area contributed by atoms with Gasteiger partial charge in [0.05, 0.1) is 16.9 Å². The molecule has 4 rings (SSSR count). The van der Waals surface area contributed by atoms with Crippen LogP contribution in [0.25, 0.3) is 11.0 Å². The molecule has 0 saturated heterocycles. The van der Waals surface area contributed by atoms with E-state index in [2.05, 4.69) is 0 Å². The molecule has 0 saturated carbocycles. The summed E-state index contributed by atoms with van der Waals surface area (Å²) in [4.78, 5) is 12.6. The van der Waals surface area contributed by atoms with Gasteiger partial charge in [-0.15, -0.1) is 0 Å². The maximum Gasteiger partial charge on any atom is 0.344 e. The van der Waals surface area contributed by atoms with Crippen LogP contribution in [0.1, 0.15) is 17.0 Å². The number of nitrogens with two attached hydrogens (primary N) is 1. The number of hydrogen-bond acceptors (Lipinski definition) is 5. The Kier molecular flexibility index (Phi) is 3.29. The van der Waals surface area contributed by atoms with Crippen molar-refractivity contribution in [3.05, 3.63) is 87.4 Å². The van der Waals surface area contributed by atoms with Gasteiger partial charge in [-0.25, -0.2) is 9.18 Å². The highest BCUT2D eigenvalue weighted by Crippen LogP contribution is 2.43. The minimum absolute atomic E-state index is 0.0276. The quantitative estimate of drug-likeness (QED) is 0.691. The first-order valence-electron chi connectivity index (χ1n) is 7.49. The van der Waals surface area contributed by atoms with Gasteiger partial charge in [-0.2, -0.15) is 5.26 Å². The van der Waals surface area contributed by atoms with Crippen LogP contribution >= 0.6 is 0 Å². The van der Waals surface area contributed by atoms with E-state index < -0.39 is 17.4 Å². The predicted octanol–water partition coefficient (Wildman–Crippen LogP) is 3.15. The first-order chi connectivity index (χ1) is 12.1. The van der Waals surface area contributed by atoms with E-state index in [1.807, 2.05) is 6.07 Å². The van der Waals surface area contributed by atoms with Crippen molar-refractivity contribution < 1.29 is 13.5 Å². The number of para-hydroxylation sites is 1. The fourth-order valence-corrected chi connectivity index (χ4v) is 3.09. The van der Waals surface area contributed by atoms with Gasteiger partial charge >= 0.3 is 5.63 Å². The number of nitrogens with zero attached hydrogens (tertiary/aromatic N) is 1. The average molecular weight is 334 g/mol. The van der Waals surface area contributed by atoms with Crippen LogP contribution in [-0.4, -0.2) is 0 Å². The summed E-state index contributed by atoms with van der Waals surface area (Å²) in [5.41, 5.74) is 5.73. The van der Waals surface area contributed by atoms with Gasteiger partial charge in [0, 0.05) is 5.56 Å². The Morgan fingerprint density at radius 1 is 1.12 bits per heavy atom. The number of hydrogen-bond donors (Lipinski definition) is 1. The lowest BCUT2D eigenvalue weighted by Crippen LogP contribution is -2.26. The summed E-state index contributed by atoms with van der Waals surface area (Å²) < 4.78 is 25.3. The summed E-state index contributed by atoms with van der Waals surface area (Å²) >= 11 is 0. The maximum atomic E-state index is 14.4. The van der Waals surface area contributed by atoms with E-state index in [4.69, 9.17) is 14.9 Å². The second kappa shape index (κ2) is 5.49. The molecule has 1 aromatic heterocycles. The minimum Gasteiger partial charge on any atom is -0.439 e. The SMILES string of the molecule is N#CC1=C(N)Oc2c(c(=O)oc3ccccc23)C1c1ccccc1F. The van der Waals surface area contributed by atoms with Gasteiger partial charge in [0.1, 0.15) is 23.0 Å². The summed E-state index contributed by atoms with van der Waals surface area (Å²) in [6, 6.07) is 14.7. The third kappa shape index (κ3) is 2.17. The van der Waals surface area contributed by atoms with Crippen molar-refractivity contribution in [2.45, 2.75) is 5.92 Å². The zero-order valence-corrected chi connectivity index (χ0v) is 12.8. The monoisotopic (exact) mass is 334 g/mol. The molecular weight excluding hydrogens is 323 g/mol. The maximum absolute atomic E-state index is 14.4. The van der Waals surface area contributed by atoms with Gasteiger partial charge in [-0.1, -0.05) is 30.3 Å². The molecule has 1 aliphatic rings. The Morgan fingerprint density at radius 3 is 2.60 bits per heavy atom. The smallest absolute Gasteiger partial charge is 0.344 e. The zero-order valence-electron chi connectivity index (χ0n) is 12.8. The average Bonchev–Trinajstić information content (AvgIpc) is 2.61. The topological polar surface area (TPSA) is 89.3 Å². The van der Waals surface area contributed by atoms with Gasteiger partial charge in [0.15, 0.2) is 5.75 Å². The van der Waals surface area contributed by atoms with Crippen molar-refractivity contribution >= 4 is 11.0 Å². The second-order valence-electron chi connectivity index (χ2n) is 5.57. The van der Waals surface area contributed by atoms with E-state index in [9.17, 15) is 14.4 Å². The zero-order chi connectivity index (χ0) is 17.6. The molecule has 0 bridgehead atoms. The molecule has 2 heterocycles. The molecule has 0 amide bonds. The summed E-state index contributed by atoms with van der Waals surface area (Å²) in [6.07, 6.45) is 0. The van der Waals surface area contributed by atoms with Gasteiger partial charge in [0.25, 0.3) is 0 Å². The Morgan fingerprint density at radius 2 is 1.84 bits per heavy atom. The standard InChI is InChI=1S/C19H11FN2O3/c20-13-7-3-1-5-10(13)15-12(9-21)18(22)25-17-11-6-2-4-8-14(11)24-19(23)16(15)17/h1-8,15H,22H2. The molecular formula is C19H11FN2O3. The summed E-state index contributed by atoms with van der Waals surface area (Å²) in [5.74, 6) is -1.50. The van der Waals surface area contributed by atoms with Crippen molar-refractivity contribution in [3.8, 4) is 11.8 Å². The lowest BCUT2D eigenvalue weighted by molar-refractivity contribution is 0.387. The van der Waals surface area contributed by atoms with Crippen molar-refractivity contribution in [3.63, 3.8) is 0 Å². The summed E-state index contributed by atoms with van der Waals surface area (Å²) in [6.45, 7) is 0. The normalized spacial score (nSPS) is 16.2. The largest absolute Gasteiger partial charge is 0.439 e. The molecule has 3 aromatic rings. The molecule has 25 heavy (non-hydrogen) atoms. The van der Waals surface area contributed by atoms with E-state index in [0.29, 0.717) is 11.0 Å². The number of fused-ring (bicyclic) bond motifs is 3. The van der Waals surface area contributed by atoms with Crippen LogP contribution in [0.15, 0.2) is 69.2 Å². The van der Waals surface area contributed by atoms with E-state index in [0.717, 1.165) is 0 Å². The third-order valence-electron chi connectivity index (χ3n) is 4.19. The number of ether oxygens (including phenoxy) is 1. The first-order valence-corrected chi connectivity index (χ1v) is 7.49. The Bertz CT molecular complexity index is 1140. The second-order valence-corrected chi connectivity index (χ2v) is 5.57. The van der Waals surface area contributed by atoms with Crippen LogP contribution < -0.4 is 16.1 Å². The van der Waals surface area contributed by atoms with E-state index in [-0.39, 0.29) is 28.3 Å². The highest BCUT2D eigenvalue weighted by atomic mass is 19.1. The number of benzene rings is 2. The van der Waals surface area contributed by atoms with E-state index >= 15 is 0 Å². The predicted molar refractivity (Wildman–Crippen MR) is 88.2 cm³/mol. The molecule has 0 aliphatic carbocycles. The molecule has 1 aliphatic heterocycles. The van der Waals surface area contributed by atoms with Crippen molar-refractivity contribution in [1.29, 1.82) is 5.26 Å². The van der Waals surface area contributed by atoms with E-state index in [1.165, 1.54) is 18.2 Å². The Labute approximate surface area is 141 Å². The molecule has 6 heteroatoms. The number of nitriles is 1. The molecule has 0 radical (unpaired) electrons. The third-order valence-corrected chi connectivity index (χ3v) is 4.19. The van der Waals surface area contributed by atoms with Crippen LogP contribution in [-0.2, 0) is 0 Å². The van der Waals surface area contributed by atoms with Gasteiger partial charge in [-0.05, 0) is 18.2 Å². The van der Waals surface area contributed by atoms with Gasteiger partial charge in [-0.3, -0.25) is 0 Å². The molecule has 122 valence electrons. The number of rotatable bonds is 1. The highest BCUT2D eigenvalue weighted by molar-refractivity contribution is 5.86. The molecule has 0 fully saturated rings. The first kappa shape index (κ1) is 15.0. The van der Waals surface area contributed by atoms with Crippen molar-refractivity contribution in [1.82, 2.24) is 0 Å². The molecule has 0 spiro atoms. The van der Waals surface area contributed by atoms with Gasteiger partial charge < -0.3 is 14.9 Å². The van der Waals surface area contributed by atoms with Gasteiger partial charge in [0.2, 0.25) is 5.88 Å². The van der Waals surface area contributed by atoms with Crippen molar-refractivity contribution in [2.75, 3.05) is 0 Å². The Balaban J connectivity index is 2.12. The van der Waals surface area contributed by atoms with Crippen molar-refractivity contribution in [2.24, 2.45) is 5.73 Å². The lowest BCUT2D eigenvalue weighted by atomic mass is 9.83. The lowest BCUT2D eigenvalue weighted by Gasteiger charge is -2.26. The van der Waals surface area contributed by atoms with Crippen LogP contribution in [0.2, 0.25) is 0 Å². The number of allylic oxidation sites excluding steroid dienone is 1. The van der Waals surface area contributed by atoms with Crippen LogP contribution in [0.4, 0.5) is 4.39 Å². The minimum atomic E-state index is -0.990. The summed E-state index contributed by atoms with van der Waals surface area (Å²) in [7, 11) is 0. The van der Waals surface area contributed by atoms with E-state index in [1.54, 1.807) is 30.3 Å². The van der Waals surface area contributed by atoms with Crippen LogP contribution in [0.3, 0.4) is 0 Å². The fraction of sp³-hybridized carbons (Fsp3) is 0.0526. The highest BCUT2D eigenvalue weighted by Gasteiger charge is 2.36. The molecule has 1 atom stereocenters.